The van der Waals surface area contributed by atoms with E-state index in [1.54, 1.807) is 0 Å². The zero-order chi connectivity index (χ0) is 13.1. The maximum absolute atomic E-state index is 6.07. The highest BCUT2D eigenvalue weighted by molar-refractivity contribution is 9.10. The minimum Gasteiger partial charge on any atom is -0.487 e. The summed E-state index contributed by atoms with van der Waals surface area (Å²) in [7, 11) is 0. The quantitative estimate of drug-likeness (QED) is 0.838. The number of hydrogen-bond acceptors (Lipinski definition) is 2. The number of nitrogens with two attached hydrogens (primary N) is 1. The molecule has 2 aromatic rings. The third-order valence-corrected chi connectivity index (χ3v) is 3.23. The highest BCUT2D eigenvalue weighted by atomic mass is 79.9. The molecule has 18 heavy (non-hydrogen) atoms. The smallest absolute Gasteiger partial charge is 0.138 e. The summed E-state index contributed by atoms with van der Waals surface area (Å²) in [5.74, 6) is 0.690. The van der Waals surface area contributed by atoms with Gasteiger partial charge in [-0.05, 0) is 48.4 Å². The van der Waals surface area contributed by atoms with Crippen molar-refractivity contribution in [1.29, 1.82) is 0 Å². The van der Waals surface area contributed by atoms with Gasteiger partial charge in [0.25, 0.3) is 0 Å². The Hall–Kier alpha value is -1.19. The lowest BCUT2D eigenvalue weighted by Crippen LogP contribution is -1.98. The second-order valence-corrected chi connectivity index (χ2v) is 5.44. The van der Waals surface area contributed by atoms with E-state index in [2.05, 4.69) is 15.9 Å². The van der Waals surface area contributed by atoms with Gasteiger partial charge in [0, 0.05) is 10.2 Å². The van der Waals surface area contributed by atoms with Gasteiger partial charge in [0.15, 0.2) is 0 Å². The van der Waals surface area contributed by atoms with Crippen molar-refractivity contribution in [2.24, 2.45) is 0 Å². The van der Waals surface area contributed by atoms with Crippen molar-refractivity contribution in [3.63, 3.8) is 0 Å². The standard InChI is InChI=1S/C14H13BrClNO/c1-9-2-3-13(16)14(4-9)18-8-10-5-11(15)7-12(17)6-10/h2-7H,8,17H2,1H3. The summed E-state index contributed by atoms with van der Waals surface area (Å²) in [5.41, 5.74) is 8.59. The molecule has 0 unspecified atom stereocenters. The van der Waals surface area contributed by atoms with Crippen LogP contribution in [-0.2, 0) is 6.61 Å². The SMILES string of the molecule is Cc1ccc(Cl)c(OCc2cc(N)cc(Br)c2)c1. The van der Waals surface area contributed by atoms with Gasteiger partial charge in [-0.25, -0.2) is 0 Å². The molecule has 0 radical (unpaired) electrons. The molecular weight excluding hydrogens is 314 g/mol. The molecule has 0 spiro atoms. The van der Waals surface area contributed by atoms with Crippen LogP contribution in [0.2, 0.25) is 5.02 Å². The van der Waals surface area contributed by atoms with Crippen LogP contribution in [0.15, 0.2) is 40.9 Å². The fraction of sp³-hybridized carbons (Fsp3) is 0.143. The van der Waals surface area contributed by atoms with Crippen LogP contribution in [0, 0.1) is 6.92 Å². The van der Waals surface area contributed by atoms with Crippen molar-refractivity contribution in [1.82, 2.24) is 0 Å². The molecule has 2 nitrogen and oxygen atoms in total. The normalized spacial score (nSPS) is 10.4. The van der Waals surface area contributed by atoms with Crippen LogP contribution in [0.5, 0.6) is 5.75 Å². The van der Waals surface area contributed by atoms with Crippen molar-refractivity contribution in [3.05, 3.63) is 57.0 Å². The molecule has 0 amide bonds. The van der Waals surface area contributed by atoms with E-state index in [1.807, 2.05) is 43.3 Å². The van der Waals surface area contributed by atoms with E-state index in [9.17, 15) is 0 Å². The Kier molecular flexibility index (Phi) is 4.15. The minimum absolute atomic E-state index is 0.437. The fourth-order valence-electron chi connectivity index (χ4n) is 1.64. The third kappa shape index (κ3) is 3.40. The topological polar surface area (TPSA) is 35.2 Å². The highest BCUT2D eigenvalue weighted by Crippen LogP contribution is 2.26. The van der Waals surface area contributed by atoms with E-state index in [-0.39, 0.29) is 0 Å². The van der Waals surface area contributed by atoms with Gasteiger partial charge < -0.3 is 10.5 Å². The summed E-state index contributed by atoms with van der Waals surface area (Å²) in [5, 5.41) is 0.614. The van der Waals surface area contributed by atoms with Gasteiger partial charge in [0.05, 0.1) is 5.02 Å². The summed E-state index contributed by atoms with van der Waals surface area (Å²) in [4.78, 5) is 0. The first kappa shape index (κ1) is 13.2. The number of halogens is 2. The molecule has 2 aromatic carbocycles. The molecule has 0 saturated carbocycles. The molecule has 4 heteroatoms. The number of benzene rings is 2. The van der Waals surface area contributed by atoms with Crippen molar-refractivity contribution in [2.75, 3.05) is 5.73 Å². The third-order valence-electron chi connectivity index (χ3n) is 2.46. The zero-order valence-electron chi connectivity index (χ0n) is 9.91. The molecule has 0 aromatic heterocycles. The van der Waals surface area contributed by atoms with Crippen LogP contribution in [-0.4, -0.2) is 0 Å². The molecule has 0 aliphatic carbocycles. The lowest BCUT2D eigenvalue weighted by molar-refractivity contribution is 0.306. The molecule has 0 aliphatic heterocycles. The van der Waals surface area contributed by atoms with Crippen LogP contribution in [0.3, 0.4) is 0 Å². The predicted octanol–water partition coefficient (Wildman–Crippen LogP) is 4.57. The zero-order valence-corrected chi connectivity index (χ0v) is 12.3. The molecule has 94 valence electrons. The lowest BCUT2D eigenvalue weighted by Gasteiger charge is -2.09. The van der Waals surface area contributed by atoms with Crippen LogP contribution in [0.25, 0.3) is 0 Å². The number of ether oxygens (including phenoxy) is 1. The van der Waals surface area contributed by atoms with Gasteiger partial charge in [-0.2, -0.15) is 0 Å². The summed E-state index contributed by atoms with van der Waals surface area (Å²) in [6.07, 6.45) is 0. The number of aryl methyl sites for hydroxylation is 1. The summed E-state index contributed by atoms with van der Waals surface area (Å²) in [6, 6.07) is 11.4. The number of hydrogen-bond donors (Lipinski definition) is 1. The van der Waals surface area contributed by atoms with Gasteiger partial charge >= 0.3 is 0 Å². The van der Waals surface area contributed by atoms with E-state index < -0.39 is 0 Å². The number of nitrogen functional groups attached to an aromatic ring is 1. The van der Waals surface area contributed by atoms with Gasteiger partial charge in [0.2, 0.25) is 0 Å². The van der Waals surface area contributed by atoms with Crippen molar-refractivity contribution >= 4 is 33.2 Å². The molecule has 0 heterocycles. The van der Waals surface area contributed by atoms with Gasteiger partial charge in [-0.3, -0.25) is 0 Å². The first-order chi connectivity index (χ1) is 8.54. The van der Waals surface area contributed by atoms with E-state index in [0.717, 1.165) is 15.6 Å². The molecule has 0 saturated heterocycles. The van der Waals surface area contributed by atoms with Crippen molar-refractivity contribution < 1.29 is 4.74 Å². The number of rotatable bonds is 3. The Bertz CT molecular complexity index is 551. The summed E-state index contributed by atoms with van der Waals surface area (Å²) >= 11 is 9.47. The number of anilines is 1. The van der Waals surface area contributed by atoms with E-state index >= 15 is 0 Å². The Labute approximate surface area is 120 Å². The largest absolute Gasteiger partial charge is 0.487 e. The first-order valence-corrected chi connectivity index (χ1v) is 6.65. The van der Waals surface area contributed by atoms with E-state index in [0.29, 0.717) is 23.1 Å². The first-order valence-electron chi connectivity index (χ1n) is 5.48. The van der Waals surface area contributed by atoms with Gasteiger partial charge in [-0.15, -0.1) is 0 Å². The van der Waals surface area contributed by atoms with Crippen LogP contribution in [0.1, 0.15) is 11.1 Å². The van der Waals surface area contributed by atoms with E-state index in [4.69, 9.17) is 22.1 Å². The average Bonchev–Trinajstić information content (AvgIpc) is 2.29. The molecule has 0 fully saturated rings. The van der Waals surface area contributed by atoms with E-state index in [1.165, 1.54) is 0 Å². The fourth-order valence-corrected chi connectivity index (χ4v) is 2.37. The van der Waals surface area contributed by atoms with Gasteiger partial charge in [0.1, 0.15) is 12.4 Å². The summed E-state index contributed by atoms with van der Waals surface area (Å²) in [6.45, 7) is 2.44. The molecule has 2 rings (SSSR count). The van der Waals surface area contributed by atoms with Crippen molar-refractivity contribution in [3.8, 4) is 5.75 Å². The molecule has 0 aliphatic rings. The van der Waals surface area contributed by atoms with Crippen LogP contribution < -0.4 is 10.5 Å². The van der Waals surface area contributed by atoms with Gasteiger partial charge in [-0.1, -0.05) is 33.6 Å². The molecule has 0 bridgehead atoms. The Morgan fingerprint density at radius 1 is 1.22 bits per heavy atom. The highest BCUT2D eigenvalue weighted by Gasteiger charge is 2.03. The second-order valence-electron chi connectivity index (χ2n) is 4.12. The predicted molar refractivity (Wildman–Crippen MR) is 79.1 cm³/mol. The Balaban J connectivity index is 2.13. The Morgan fingerprint density at radius 3 is 2.72 bits per heavy atom. The maximum atomic E-state index is 6.07. The monoisotopic (exact) mass is 325 g/mol. The molecule has 2 N–H and O–H groups in total. The molecule has 0 atom stereocenters. The summed E-state index contributed by atoms with van der Waals surface area (Å²) < 4.78 is 6.65. The molecular formula is C14H13BrClNO. The van der Waals surface area contributed by atoms with Crippen LogP contribution >= 0.6 is 27.5 Å². The second kappa shape index (κ2) is 5.63. The van der Waals surface area contributed by atoms with Crippen LogP contribution in [0.4, 0.5) is 5.69 Å². The Morgan fingerprint density at radius 2 is 2.00 bits per heavy atom. The van der Waals surface area contributed by atoms with Crippen molar-refractivity contribution in [2.45, 2.75) is 13.5 Å². The minimum atomic E-state index is 0.437. The maximum Gasteiger partial charge on any atom is 0.138 e. The average molecular weight is 327 g/mol. The lowest BCUT2D eigenvalue weighted by atomic mass is 10.2.